The molecule has 0 saturated heterocycles. The molecule has 6 nitrogen and oxygen atoms in total. The van der Waals surface area contributed by atoms with Crippen molar-refractivity contribution in [3.8, 4) is 0 Å². The smallest absolute Gasteiger partial charge is 0.230 e. The van der Waals surface area contributed by atoms with Crippen LogP contribution < -0.4 is 0 Å². The summed E-state index contributed by atoms with van der Waals surface area (Å²) in [5, 5.41) is 0. The average Bonchev–Trinajstić information content (AvgIpc) is 2.68. The molecule has 0 atom stereocenters. The van der Waals surface area contributed by atoms with Crippen molar-refractivity contribution in [3.63, 3.8) is 0 Å². The summed E-state index contributed by atoms with van der Waals surface area (Å²) in [6.45, 7) is 7.66. The molecule has 8 heteroatoms. The Hall–Kier alpha value is -2.00. The van der Waals surface area contributed by atoms with Gasteiger partial charge in [-0.05, 0) is 64.8 Å². The van der Waals surface area contributed by atoms with Crippen molar-refractivity contribution in [2.75, 3.05) is 0 Å². The molecule has 0 unspecified atom stereocenters. The summed E-state index contributed by atoms with van der Waals surface area (Å²) in [5.74, 6) is -1.80. The van der Waals surface area contributed by atoms with Gasteiger partial charge >= 0.3 is 0 Å². The van der Waals surface area contributed by atoms with Gasteiger partial charge in [0.15, 0.2) is 0 Å². The molecule has 0 aromatic heterocycles. The Kier molecular flexibility index (Phi) is 6.76. The summed E-state index contributed by atoms with van der Waals surface area (Å²) < 4.78 is 63.1. The van der Waals surface area contributed by atoms with Crippen LogP contribution >= 0.6 is 0 Å². The Morgan fingerprint density at radius 3 is 1.39 bits per heavy atom. The SMILES string of the molecule is CC(C)=C1CCC(OS(=O)(=O)c2ccc(C)cc2)(OS(=O)(=O)c2ccc(C)cc2)CC1. The lowest BCUT2D eigenvalue weighted by atomic mass is 9.88. The third-order valence-corrected chi connectivity index (χ3v) is 8.21. The molecule has 1 aliphatic rings. The van der Waals surface area contributed by atoms with E-state index in [2.05, 4.69) is 0 Å². The number of benzene rings is 2. The molecule has 0 N–H and O–H groups in total. The number of allylic oxidation sites excluding steroid dienone is 2. The summed E-state index contributed by atoms with van der Waals surface area (Å²) >= 11 is 0. The normalized spacial score (nSPS) is 16.8. The van der Waals surface area contributed by atoms with Gasteiger partial charge in [-0.15, -0.1) is 0 Å². The first-order valence-corrected chi connectivity index (χ1v) is 12.9. The maximum Gasteiger partial charge on any atom is 0.299 e. The minimum Gasteiger partial charge on any atom is -0.230 e. The second kappa shape index (κ2) is 8.86. The molecular weight excluding hydrogens is 436 g/mol. The van der Waals surface area contributed by atoms with E-state index in [1.807, 2.05) is 27.7 Å². The van der Waals surface area contributed by atoms with Crippen LogP contribution in [-0.4, -0.2) is 22.6 Å². The zero-order valence-electron chi connectivity index (χ0n) is 18.2. The standard InChI is InChI=1S/C23H28O6S2/c1-17(2)20-13-15-23(16-14-20,28-30(24,25)21-9-5-18(3)6-10-21)29-31(26,27)22-11-7-19(4)8-12-22/h5-12H,13-16H2,1-4H3. The van der Waals surface area contributed by atoms with Crippen molar-refractivity contribution in [1.82, 2.24) is 0 Å². The van der Waals surface area contributed by atoms with Crippen molar-refractivity contribution < 1.29 is 25.2 Å². The van der Waals surface area contributed by atoms with Crippen LogP contribution in [0.3, 0.4) is 0 Å². The van der Waals surface area contributed by atoms with Gasteiger partial charge in [-0.3, -0.25) is 0 Å². The van der Waals surface area contributed by atoms with Gasteiger partial charge < -0.3 is 0 Å². The van der Waals surface area contributed by atoms with Gasteiger partial charge in [-0.1, -0.05) is 46.5 Å². The molecule has 2 aromatic rings. The molecule has 31 heavy (non-hydrogen) atoms. The first-order valence-electron chi connectivity index (χ1n) is 10.1. The Morgan fingerprint density at radius 1 is 0.710 bits per heavy atom. The Bertz CT molecular complexity index is 1080. The summed E-state index contributed by atoms with van der Waals surface area (Å²) in [6, 6.07) is 12.4. The molecule has 1 fully saturated rings. The maximum atomic E-state index is 13.0. The highest BCUT2D eigenvalue weighted by Crippen LogP contribution is 2.41. The third kappa shape index (κ3) is 5.63. The van der Waals surface area contributed by atoms with Crippen molar-refractivity contribution >= 4 is 20.2 Å². The van der Waals surface area contributed by atoms with E-state index < -0.39 is 26.0 Å². The van der Waals surface area contributed by atoms with Gasteiger partial charge in [0.1, 0.15) is 0 Å². The molecule has 2 aromatic carbocycles. The minimum absolute atomic E-state index is 0.0400. The predicted molar refractivity (Wildman–Crippen MR) is 118 cm³/mol. The van der Waals surface area contributed by atoms with Gasteiger partial charge in [0.2, 0.25) is 5.79 Å². The fourth-order valence-corrected chi connectivity index (χ4v) is 5.89. The van der Waals surface area contributed by atoms with Gasteiger partial charge in [0.25, 0.3) is 20.2 Å². The molecule has 0 heterocycles. The number of rotatable bonds is 6. The van der Waals surface area contributed by atoms with Gasteiger partial charge in [0, 0.05) is 12.8 Å². The molecule has 0 aliphatic heterocycles. The average molecular weight is 465 g/mol. The molecule has 1 aliphatic carbocycles. The monoisotopic (exact) mass is 464 g/mol. The van der Waals surface area contributed by atoms with Crippen LogP contribution in [0.25, 0.3) is 0 Å². The van der Waals surface area contributed by atoms with E-state index in [0.29, 0.717) is 12.8 Å². The van der Waals surface area contributed by atoms with E-state index in [4.69, 9.17) is 8.37 Å². The molecule has 168 valence electrons. The van der Waals surface area contributed by atoms with Crippen LogP contribution in [-0.2, 0) is 28.6 Å². The van der Waals surface area contributed by atoms with Gasteiger partial charge in [-0.2, -0.15) is 16.8 Å². The highest BCUT2D eigenvalue weighted by molar-refractivity contribution is 7.87. The van der Waals surface area contributed by atoms with E-state index in [1.54, 1.807) is 24.3 Å². The van der Waals surface area contributed by atoms with Crippen molar-refractivity contribution in [2.45, 2.75) is 69.0 Å². The highest BCUT2D eigenvalue weighted by atomic mass is 32.2. The molecule has 0 amide bonds. The van der Waals surface area contributed by atoms with Gasteiger partial charge in [0.05, 0.1) is 9.79 Å². The molecule has 3 rings (SSSR count). The Labute approximate surface area is 185 Å². The molecule has 0 bridgehead atoms. The number of aryl methyl sites for hydroxylation is 2. The quantitative estimate of drug-likeness (QED) is 0.339. The summed E-state index contributed by atoms with van der Waals surface area (Å²) in [7, 11) is -8.48. The summed E-state index contributed by atoms with van der Waals surface area (Å²) in [5.41, 5.74) is 4.09. The Balaban J connectivity index is 1.97. The zero-order valence-corrected chi connectivity index (χ0v) is 19.8. The molecule has 0 spiro atoms. The fourth-order valence-electron chi connectivity index (χ4n) is 3.52. The number of hydrogen-bond donors (Lipinski definition) is 0. The predicted octanol–water partition coefficient (Wildman–Crippen LogP) is 5.02. The second-order valence-electron chi connectivity index (χ2n) is 8.22. The first kappa shape index (κ1) is 23.7. The van der Waals surface area contributed by atoms with E-state index in [9.17, 15) is 16.8 Å². The summed E-state index contributed by atoms with van der Waals surface area (Å²) in [4.78, 5) is -0.0800. The largest absolute Gasteiger partial charge is 0.299 e. The molecule has 0 radical (unpaired) electrons. The van der Waals surface area contributed by atoms with Crippen molar-refractivity contribution in [1.29, 1.82) is 0 Å². The van der Waals surface area contributed by atoms with E-state index >= 15 is 0 Å². The molecule has 1 saturated carbocycles. The zero-order chi connectivity index (χ0) is 22.9. The van der Waals surface area contributed by atoms with E-state index in [1.165, 1.54) is 24.3 Å². The topological polar surface area (TPSA) is 86.7 Å². The maximum absolute atomic E-state index is 13.0. The lowest BCUT2D eigenvalue weighted by molar-refractivity contribution is -0.122. The fraction of sp³-hybridized carbons (Fsp3) is 0.391. The van der Waals surface area contributed by atoms with Gasteiger partial charge in [-0.25, -0.2) is 8.37 Å². The lowest BCUT2D eigenvalue weighted by Crippen LogP contribution is -2.42. The van der Waals surface area contributed by atoms with Crippen molar-refractivity contribution in [2.24, 2.45) is 0 Å². The second-order valence-corrected chi connectivity index (χ2v) is 11.3. The highest BCUT2D eigenvalue weighted by Gasteiger charge is 2.45. The van der Waals surface area contributed by atoms with Crippen LogP contribution in [0.5, 0.6) is 0 Å². The lowest BCUT2D eigenvalue weighted by Gasteiger charge is -2.36. The number of hydrogen-bond acceptors (Lipinski definition) is 6. The first-order chi connectivity index (χ1) is 14.4. The van der Waals surface area contributed by atoms with Crippen LogP contribution in [0.1, 0.15) is 50.7 Å². The molecular formula is C23H28O6S2. The van der Waals surface area contributed by atoms with E-state index in [0.717, 1.165) is 22.3 Å². The van der Waals surface area contributed by atoms with Crippen LogP contribution in [0.4, 0.5) is 0 Å². The van der Waals surface area contributed by atoms with Crippen LogP contribution in [0, 0.1) is 13.8 Å². The Morgan fingerprint density at radius 2 is 1.06 bits per heavy atom. The van der Waals surface area contributed by atoms with Crippen LogP contribution in [0.2, 0.25) is 0 Å². The minimum atomic E-state index is -4.24. The summed E-state index contributed by atoms with van der Waals surface area (Å²) in [6.07, 6.45) is 1.22. The van der Waals surface area contributed by atoms with Crippen LogP contribution in [0.15, 0.2) is 69.5 Å². The van der Waals surface area contributed by atoms with E-state index in [-0.39, 0.29) is 22.6 Å². The van der Waals surface area contributed by atoms with Crippen molar-refractivity contribution in [3.05, 3.63) is 70.8 Å². The third-order valence-electron chi connectivity index (χ3n) is 5.46.